The standard InChI is InChI=1S/C23H46NO4P/c1-5-6-7-8-9-10-11-12-13-14-15-16-17-18-19-20-21-23(25,29(26,27)28)22-24(2,3)4/h9-10,13-14,25H,5-8,11-12,15-22H2,1-4H3,(H-,26,27,28)/p+1/b10-9-,14-13-. The van der Waals surface area contributed by atoms with Gasteiger partial charge in [-0.25, -0.2) is 0 Å². The summed E-state index contributed by atoms with van der Waals surface area (Å²) < 4.78 is 12.1. The zero-order valence-corrected chi connectivity index (χ0v) is 20.2. The first-order valence-electron chi connectivity index (χ1n) is 11.4. The molecule has 0 saturated carbocycles. The Morgan fingerprint density at radius 2 is 1.21 bits per heavy atom. The van der Waals surface area contributed by atoms with Gasteiger partial charge in [0.15, 0.2) is 0 Å². The molecule has 29 heavy (non-hydrogen) atoms. The van der Waals surface area contributed by atoms with Gasteiger partial charge in [0.05, 0.1) is 21.1 Å². The monoisotopic (exact) mass is 432 g/mol. The van der Waals surface area contributed by atoms with Crippen molar-refractivity contribution in [1.29, 1.82) is 0 Å². The second-order valence-electron chi connectivity index (χ2n) is 9.30. The number of rotatable bonds is 18. The van der Waals surface area contributed by atoms with Crippen LogP contribution in [0.3, 0.4) is 0 Å². The van der Waals surface area contributed by atoms with E-state index in [-0.39, 0.29) is 13.0 Å². The zero-order chi connectivity index (χ0) is 22.2. The van der Waals surface area contributed by atoms with Gasteiger partial charge in [0.2, 0.25) is 5.34 Å². The molecule has 3 N–H and O–H groups in total. The lowest BCUT2D eigenvalue weighted by molar-refractivity contribution is -0.875. The highest BCUT2D eigenvalue weighted by Crippen LogP contribution is 2.52. The minimum atomic E-state index is -4.55. The average Bonchev–Trinajstić information content (AvgIpc) is 2.59. The van der Waals surface area contributed by atoms with Crippen LogP contribution in [-0.2, 0) is 4.57 Å². The van der Waals surface area contributed by atoms with E-state index in [1.807, 2.05) is 21.1 Å². The van der Waals surface area contributed by atoms with E-state index in [0.29, 0.717) is 10.9 Å². The maximum Gasteiger partial charge on any atom is 0.362 e. The summed E-state index contributed by atoms with van der Waals surface area (Å²) in [6, 6.07) is 0. The molecular formula is C23H47NO4P+. The molecule has 0 spiro atoms. The number of quaternary nitrogens is 1. The van der Waals surface area contributed by atoms with Crippen molar-refractivity contribution in [3.8, 4) is 0 Å². The highest BCUT2D eigenvalue weighted by atomic mass is 31.2. The Morgan fingerprint density at radius 1 is 0.759 bits per heavy atom. The molecule has 5 nitrogen and oxygen atoms in total. The summed E-state index contributed by atoms with van der Waals surface area (Å²) in [5.74, 6) is 0. The third-order valence-electron chi connectivity index (χ3n) is 5.03. The van der Waals surface area contributed by atoms with E-state index in [2.05, 4.69) is 31.2 Å². The van der Waals surface area contributed by atoms with Crippen LogP contribution in [0.5, 0.6) is 0 Å². The van der Waals surface area contributed by atoms with E-state index in [1.165, 1.54) is 25.7 Å². The first-order valence-corrected chi connectivity index (χ1v) is 13.0. The highest BCUT2D eigenvalue weighted by molar-refractivity contribution is 7.53. The van der Waals surface area contributed by atoms with Crippen molar-refractivity contribution in [1.82, 2.24) is 0 Å². The number of likely N-dealkylation sites (N-methyl/N-ethyl adjacent to an activating group) is 1. The second-order valence-corrected chi connectivity index (χ2v) is 11.2. The molecule has 0 aromatic carbocycles. The highest BCUT2D eigenvalue weighted by Gasteiger charge is 2.48. The summed E-state index contributed by atoms with van der Waals surface area (Å²) in [5, 5.41) is 8.59. The molecule has 0 bridgehead atoms. The summed E-state index contributed by atoms with van der Waals surface area (Å²) >= 11 is 0. The van der Waals surface area contributed by atoms with Gasteiger partial charge < -0.3 is 19.4 Å². The summed E-state index contributed by atoms with van der Waals surface area (Å²) in [4.78, 5) is 19.1. The third-order valence-corrected chi connectivity index (χ3v) is 6.47. The molecule has 1 atom stereocenters. The van der Waals surface area contributed by atoms with E-state index in [1.54, 1.807) is 0 Å². The van der Waals surface area contributed by atoms with Crippen LogP contribution in [0.2, 0.25) is 0 Å². The Balaban J connectivity index is 3.80. The van der Waals surface area contributed by atoms with Gasteiger partial charge in [-0.3, -0.25) is 4.57 Å². The molecule has 0 aliphatic carbocycles. The van der Waals surface area contributed by atoms with Crippen LogP contribution in [0.15, 0.2) is 24.3 Å². The average molecular weight is 433 g/mol. The van der Waals surface area contributed by atoms with Crippen molar-refractivity contribution in [2.75, 3.05) is 27.7 Å². The van der Waals surface area contributed by atoms with Crippen LogP contribution in [0.1, 0.15) is 90.4 Å². The fourth-order valence-corrected chi connectivity index (χ4v) is 4.51. The number of hydrogen-bond acceptors (Lipinski definition) is 2. The minimum Gasteiger partial charge on any atom is -0.373 e. The summed E-state index contributed by atoms with van der Waals surface area (Å²) in [6.07, 6.45) is 22.5. The molecule has 0 fully saturated rings. The maximum absolute atomic E-state index is 11.7. The van der Waals surface area contributed by atoms with Gasteiger partial charge in [-0.2, -0.15) is 0 Å². The third kappa shape index (κ3) is 16.0. The summed E-state index contributed by atoms with van der Waals surface area (Å²) in [7, 11) is 0.946. The number of hydrogen-bond donors (Lipinski definition) is 3. The Morgan fingerprint density at radius 3 is 1.69 bits per heavy atom. The summed E-state index contributed by atoms with van der Waals surface area (Å²) in [6.45, 7) is 2.28. The lowest BCUT2D eigenvalue weighted by Crippen LogP contribution is -2.49. The Hall–Kier alpha value is -0.450. The van der Waals surface area contributed by atoms with Gasteiger partial charge in [-0.1, -0.05) is 63.3 Å². The fourth-order valence-electron chi connectivity index (χ4n) is 3.45. The van der Waals surface area contributed by atoms with Gasteiger partial charge in [0, 0.05) is 0 Å². The Labute approximate surface area is 179 Å². The molecule has 0 radical (unpaired) electrons. The Kier molecular flexibility index (Phi) is 15.1. The molecule has 0 aromatic heterocycles. The van der Waals surface area contributed by atoms with Crippen LogP contribution >= 0.6 is 7.60 Å². The molecule has 0 rings (SSSR count). The van der Waals surface area contributed by atoms with Crippen LogP contribution in [0, 0.1) is 0 Å². The quantitative estimate of drug-likeness (QED) is 0.111. The maximum atomic E-state index is 11.7. The van der Waals surface area contributed by atoms with Crippen LogP contribution < -0.4 is 0 Å². The lowest BCUT2D eigenvalue weighted by atomic mass is 10.1. The molecule has 0 saturated heterocycles. The topological polar surface area (TPSA) is 77.8 Å². The summed E-state index contributed by atoms with van der Waals surface area (Å²) in [5.41, 5.74) is 0. The van der Waals surface area contributed by atoms with Crippen LogP contribution in [0.4, 0.5) is 0 Å². The molecule has 6 heteroatoms. The van der Waals surface area contributed by atoms with E-state index < -0.39 is 12.9 Å². The zero-order valence-electron chi connectivity index (χ0n) is 19.4. The van der Waals surface area contributed by atoms with Crippen LogP contribution in [-0.4, -0.2) is 52.4 Å². The number of nitrogens with zero attached hydrogens (tertiary/aromatic N) is 1. The molecule has 0 heterocycles. The number of aliphatic hydroxyl groups is 1. The van der Waals surface area contributed by atoms with Crippen molar-refractivity contribution in [3.05, 3.63) is 24.3 Å². The largest absolute Gasteiger partial charge is 0.373 e. The van der Waals surface area contributed by atoms with Gasteiger partial charge in [-0.05, 0) is 51.4 Å². The second kappa shape index (κ2) is 15.4. The molecule has 0 aliphatic heterocycles. The molecule has 172 valence electrons. The lowest BCUT2D eigenvalue weighted by Gasteiger charge is -2.35. The normalized spacial score (nSPS) is 15.4. The molecule has 0 aromatic rings. The van der Waals surface area contributed by atoms with Crippen molar-refractivity contribution in [3.63, 3.8) is 0 Å². The van der Waals surface area contributed by atoms with Gasteiger partial charge >= 0.3 is 7.60 Å². The predicted octanol–water partition coefficient (Wildman–Crippen LogP) is 5.76. The smallest absolute Gasteiger partial charge is 0.362 e. The molecule has 0 amide bonds. The molecule has 1 unspecified atom stereocenters. The van der Waals surface area contributed by atoms with E-state index in [0.717, 1.165) is 44.9 Å². The van der Waals surface area contributed by atoms with E-state index in [9.17, 15) is 19.5 Å². The van der Waals surface area contributed by atoms with Crippen molar-refractivity contribution >= 4 is 7.60 Å². The number of unbranched alkanes of at least 4 members (excludes halogenated alkanes) is 9. The first kappa shape index (κ1) is 28.5. The number of allylic oxidation sites excluding steroid dienone is 4. The molecular weight excluding hydrogens is 385 g/mol. The van der Waals surface area contributed by atoms with Gasteiger partial charge in [-0.15, -0.1) is 0 Å². The predicted molar refractivity (Wildman–Crippen MR) is 124 cm³/mol. The molecule has 0 aliphatic rings. The minimum absolute atomic E-state index is 0.0516. The Bertz CT molecular complexity index is 507. The van der Waals surface area contributed by atoms with Gasteiger partial charge in [0.1, 0.15) is 6.54 Å². The van der Waals surface area contributed by atoms with E-state index >= 15 is 0 Å². The fraction of sp³-hybridized carbons (Fsp3) is 0.826. The van der Waals surface area contributed by atoms with Crippen molar-refractivity contribution in [2.24, 2.45) is 0 Å². The van der Waals surface area contributed by atoms with Crippen molar-refractivity contribution in [2.45, 2.75) is 95.7 Å². The van der Waals surface area contributed by atoms with Gasteiger partial charge in [0.25, 0.3) is 0 Å². The van der Waals surface area contributed by atoms with E-state index in [4.69, 9.17) is 0 Å². The van der Waals surface area contributed by atoms with Crippen LogP contribution in [0.25, 0.3) is 0 Å². The van der Waals surface area contributed by atoms with Crippen molar-refractivity contribution < 1.29 is 23.9 Å². The SMILES string of the molecule is CCCCC/C=C\CC/C=C\CCCCCCCC(O)(C[N+](C)(C)C)P(=O)(O)O. The first-order chi connectivity index (χ1) is 13.5.